The maximum Gasteiger partial charge on any atom is 0.516 e. The summed E-state index contributed by atoms with van der Waals surface area (Å²) in [6.07, 6.45) is 1.06. The average Bonchev–Trinajstić information content (AvgIpc) is 2.88. The molecule has 6 heteroatoms. The van der Waals surface area contributed by atoms with Crippen LogP contribution < -0.4 is 5.59 Å². The summed E-state index contributed by atoms with van der Waals surface area (Å²) < 4.78 is 27.4. The number of halogens is 1. The maximum absolute atomic E-state index is 14.2. The Balaban J connectivity index is 1.94. The van der Waals surface area contributed by atoms with Crippen LogP contribution in [0.15, 0.2) is 30.5 Å². The quantitative estimate of drug-likeness (QED) is 0.800. The van der Waals surface area contributed by atoms with Crippen molar-refractivity contribution in [2.75, 3.05) is 0 Å². The van der Waals surface area contributed by atoms with Crippen LogP contribution >= 0.6 is 0 Å². The second-order valence-corrected chi connectivity index (χ2v) is 6.73. The van der Waals surface area contributed by atoms with Crippen LogP contribution in [0.25, 0.3) is 5.69 Å². The van der Waals surface area contributed by atoms with Crippen LogP contribution in [0, 0.1) is 13.0 Å². The molecular weight excluding hydrogens is 282 g/mol. The van der Waals surface area contributed by atoms with Crippen LogP contribution in [0.2, 0.25) is 0 Å². The molecule has 116 valence electrons. The number of hydrogen-bond acceptors (Lipinski definition) is 3. The average molecular weight is 302 g/mol. The second-order valence-electron chi connectivity index (χ2n) is 6.73. The van der Waals surface area contributed by atoms with Gasteiger partial charge in [0.2, 0.25) is 0 Å². The normalized spacial score (nSPS) is 19.6. The number of nitrogens with zero attached hydrogens (tertiary/aromatic N) is 2. The summed E-state index contributed by atoms with van der Waals surface area (Å²) in [6.45, 7) is 9.80. The lowest BCUT2D eigenvalue weighted by molar-refractivity contribution is 0.00578. The molecule has 0 spiro atoms. The first-order valence-corrected chi connectivity index (χ1v) is 7.37. The van der Waals surface area contributed by atoms with Gasteiger partial charge >= 0.3 is 7.12 Å². The predicted octanol–water partition coefficient (Wildman–Crippen LogP) is 2.62. The van der Waals surface area contributed by atoms with Gasteiger partial charge in [-0.15, -0.1) is 0 Å². The van der Waals surface area contributed by atoms with Crippen molar-refractivity contribution in [3.63, 3.8) is 0 Å². The van der Waals surface area contributed by atoms with Crippen molar-refractivity contribution in [1.82, 2.24) is 9.55 Å². The molecule has 0 amide bonds. The van der Waals surface area contributed by atoms with Gasteiger partial charge in [0.15, 0.2) is 0 Å². The SMILES string of the molecule is Cc1cccc(-n2cc(B3OC(C)(C)C(C)(C)O3)nc2F)c1. The van der Waals surface area contributed by atoms with Crippen LogP contribution in [0.4, 0.5) is 4.39 Å². The van der Waals surface area contributed by atoms with Gasteiger partial charge in [0.25, 0.3) is 6.08 Å². The zero-order valence-corrected chi connectivity index (χ0v) is 13.6. The molecule has 3 rings (SSSR count). The summed E-state index contributed by atoms with van der Waals surface area (Å²) in [5.41, 5.74) is 1.29. The molecule has 1 aromatic carbocycles. The van der Waals surface area contributed by atoms with Crippen molar-refractivity contribution in [2.45, 2.75) is 45.8 Å². The van der Waals surface area contributed by atoms with Crippen molar-refractivity contribution in [2.24, 2.45) is 0 Å². The number of hydrogen-bond donors (Lipinski definition) is 0. The van der Waals surface area contributed by atoms with E-state index in [0.717, 1.165) is 11.3 Å². The molecule has 1 fully saturated rings. The third-order valence-corrected chi connectivity index (χ3v) is 4.46. The summed E-state index contributed by atoms with van der Waals surface area (Å²) >= 11 is 0. The molecular formula is C16H20BFN2O2. The third-order valence-electron chi connectivity index (χ3n) is 4.46. The second kappa shape index (κ2) is 4.93. The van der Waals surface area contributed by atoms with Gasteiger partial charge in [0.1, 0.15) is 0 Å². The Kier molecular flexibility index (Phi) is 3.42. The van der Waals surface area contributed by atoms with E-state index in [-0.39, 0.29) is 0 Å². The summed E-state index contributed by atoms with van der Waals surface area (Å²) in [5.74, 6) is 0. The van der Waals surface area contributed by atoms with Crippen LogP contribution in [0.3, 0.4) is 0 Å². The first-order chi connectivity index (χ1) is 10.2. The molecule has 0 radical (unpaired) electrons. The largest absolute Gasteiger partial charge is 0.516 e. The van der Waals surface area contributed by atoms with E-state index < -0.39 is 24.4 Å². The van der Waals surface area contributed by atoms with Gasteiger partial charge in [0.05, 0.1) is 16.8 Å². The lowest BCUT2D eigenvalue weighted by Gasteiger charge is -2.32. The van der Waals surface area contributed by atoms with Gasteiger partial charge in [-0.25, -0.2) is 4.98 Å². The monoisotopic (exact) mass is 302 g/mol. The Bertz CT molecular complexity index is 696. The minimum absolute atomic E-state index is 0.442. The highest BCUT2D eigenvalue weighted by atomic mass is 19.1. The highest BCUT2D eigenvalue weighted by Crippen LogP contribution is 2.36. The Labute approximate surface area is 130 Å². The van der Waals surface area contributed by atoms with Crippen LogP contribution in [0.1, 0.15) is 33.3 Å². The summed E-state index contributed by atoms with van der Waals surface area (Å²) in [6, 6.07) is 7.59. The van der Waals surface area contributed by atoms with Crippen molar-refractivity contribution in [1.29, 1.82) is 0 Å². The topological polar surface area (TPSA) is 36.3 Å². The van der Waals surface area contributed by atoms with Crippen molar-refractivity contribution < 1.29 is 13.7 Å². The lowest BCUT2D eigenvalue weighted by Crippen LogP contribution is -2.41. The van der Waals surface area contributed by atoms with E-state index in [1.807, 2.05) is 58.9 Å². The molecule has 0 N–H and O–H groups in total. The first kappa shape index (κ1) is 15.2. The van der Waals surface area contributed by atoms with Gasteiger partial charge in [-0.05, 0) is 52.3 Å². The van der Waals surface area contributed by atoms with E-state index in [9.17, 15) is 4.39 Å². The fourth-order valence-corrected chi connectivity index (χ4v) is 2.41. The summed E-state index contributed by atoms with van der Waals surface area (Å²) in [4.78, 5) is 3.98. The smallest absolute Gasteiger partial charge is 0.398 e. The predicted molar refractivity (Wildman–Crippen MR) is 84.0 cm³/mol. The molecule has 0 bridgehead atoms. The van der Waals surface area contributed by atoms with E-state index in [2.05, 4.69) is 4.98 Å². The van der Waals surface area contributed by atoms with E-state index >= 15 is 0 Å². The molecule has 0 atom stereocenters. The van der Waals surface area contributed by atoms with E-state index in [1.54, 1.807) is 6.20 Å². The molecule has 0 unspecified atom stereocenters. The molecule has 22 heavy (non-hydrogen) atoms. The first-order valence-electron chi connectivity index (χ1n) is 7.37. The minimum atomic E-state index is -0.662. The zero-order valence-electron chi connectivity index (χ0n) is 13.6. The number of aromatic nitrogens is 2. The standard InChI is InChI=1S/C16H20BFN2O2/c1-11-7-6-8-12(9-11)20-10-13(19-14(20)18)17-21-15(2,3)16(4,5)22-17/h6-10H,1-5H3. The molecule has 2 aromatic rings. The van der Waals surface area contributed by atoms with Crippen molar-refractivity contribution >= 4 is 12.7 Å². The van der Waals surface area contributed by atoms with E-state index in [1.165, 1.54) is 4.57 Å². The number of benzene rings is 1. The minimum Gasteiger partial charge on any atom is -0.398 e. The highest BCUT2D eigenvalue weighted by molar-refractivity contribution is 6.61. The highest BCUT2D eigenvalue weighted by Gasteiger charge is 2.52. The maximum atomic E-state index is 14.2. The Morgan fingerprint density at radius 2 is 1.77 bits per heavy atom. The van der Waals surface area contributed by atoms with Crippen molar-refractivity contribution in [3.8, 4) is 5.69 Å². The molecule has 1 saturated heterocycles. The van der Waals surface area contributed by atoms with Crippen LogP contribution in [-0.4, -0.2) is 27.9 Å². The van der Waals surface area contributed by atoms with Crippen LogP contribution in [0.5, 0.6) is 0 Å². The Morgan fingerprint density at radius 3 is 2.36 bits per heavy atom. The van der Waals surface area contributed by atoms with Gasteiger partial charge in [-0.3, -0.25) is 4.57 Å². The van der Waals surface area contributed by atoms with Crippen LogP contribution in [-0.2, 0) is 9.31 Å². The fourth-order valence-electron chi connectivity index (χ4n) is 2.41. The van der Waals surface area contributed by atoms with E-state index in [0.29, 0.717) is 5.59 Å². The molecule has 0 saturated carbocycles. The molecule has 4 nitrogen and oxygen atoms in total. The van der Waals surface area contributed by atoms with E-state index in [4.69, 9.17) is 9.31 Å². The number of rotatable bonds is 2. The number of aryl methyl sites for hydroxylation is 1. The molecule has 1 aromatic heterocycles. The third kappa shape index (κ3) is 2.46. The fraction of sp³-hybridized carbons (Fsp3) is 0.438. The van der Waals surface area contributed by atoms with Crippen molar-refractivity contribution in [3.05, 3.63) is 42.1 Å². The summed E-state index contributed by atoms with van der Waals surface area (Å²) in [7, 11) is -0.662. The lowest BCUT2D eigenvalue weighted by atomic mass is 9.86. The number of imidazole rings is 1. The van der Waals surface area contributed by atoms with Gasteiger partial charge in [0, 0.05) is 11.9 Å². The van der Waals surface area contributed by atoms with Gasteiger partial charge in [-0.2, -0.15) is 4.39 Å². The Morgan fingerprint density at radius 1 is 1.14 bits per heavy atom. The summed E-state index contributed by atoms with van der Waals surface area (Å²) in [5, 5.41) is 0. The molecule has 0 aliphatic carbocycles. The zero-order chi connectivity index (χ0) is 16.1. The molecule has 1 aliphatic heterocycles. The molecule has 2 heterocycles. The van der Waals surface area contributed by atoms with Gasteiger partial charge in [-0.1, -0.05) is 12.1 Å². The Hall–Kier alpha value is -1.66. The molecule has 1 aliphatic rings. The van der Waals surface area contributed by atoms with Gasteiger partial charge < -0.3 is 9.31 Å².